The van der Waals surface area contributed by atoms with Crippen molar-refractivity contribution in [1.29, 1.82) is 0 Å². The highest BCUT2D eigenvalue weighted by Gasteiger charge is 2.07. The summed E-state index contributed by atoms with van der Waals surface area (Å²) in [5.74, 6) is 1.16. The second kappa shape index (κ2) is 4.88. The highest BCUT2D eigenvalue weighted by molar-refractivity contribution is 7.80. The van der Waals surface area contributed by atoms with Crippen molar-refractivity contribution in [2.24, 2.45) is 5.73 Å². The van der Waals surface area contributed by atoms with Gasteiger partial charge in [0.2, 0.25) is 0 Å². The number of hydrogen-bond donors (Lipinski definition) is 1. The molecule has 2 aromatic rings. The van der Waals surface area contributed by atoms with Gasteiger partial charge in [0.1, 0.15) is 10.7 Å². The fourth-order valence-electron chi connectivity index (χ4n) is 1.31. The van der Waals surface area contributed by atoms with E-state index in [4.69, 9.17) is 22.7 Å². The molecule has 0 spiro atoms. The fourth-order valence-corrected chi connectivity index (χ4v) is 1.48. The smallest absolute Gasteiger partial charge is 0.155 e. The van der Waals surface area contributed by atoms with Crippen molar-refractivity contribution < 1.29 is 4.74 Å². The summed E-state index contributed by atoms with van der Waals surface area (Å²) in [6.45, 7) is 1.91. The van der Waals surface area contributed by atoms with E-state index in [0.717, 1.165) is 5.69 Å². The van der Waals surface area contributed by atoms with E-state index in [1.54, 1.807) is 24.7 Å². The van der Waals surface area contributed by atoms with Crippen LogP contribution in [-0.2, 0) is 0 Å². The number of aromatic nitrogens is 2. The molecule has 0 saturated carbocycles. The zero-order valence-corrected chi connectivity index (χ0v) is 10.1. The molecule has 0 atom stereocenters. The molecule has 0 radical (unpaired) electrons. The molecule has 0 aromatic carbocycles. The summed E-state index contributed by atoms with van der Waals surface area (Å²) in [7, 11) is 0. The topological polar surface area (TPSA) is 61.0 Å². The normalized spacial score (nSPS) is 9.94. The number of nitrogens with zero attached hydrogens (tertiary/aromatic N) is 2. The van der Waals surface area contributed by atoms with Gasteiger partial charge in [-0.3, -0.25) is 9.97 Å². The van der Waals surface area contributed by atoms with E-state index in [0.29, 0.717) is 17.1 Å². The van der Waals surface area contributed by atoms with E-state index in [2.05, 4.69) is 9.97 Å². The highest BCUT2D eigenvalue weighted by atomic mass is 32.1. The Morgan fingerprint density at radius 3 is 2.76 bits per heavy atom. The van der Waals surface area contributed by atoms with Crippen LogP contribution in [0.1, 0.15) is 11.3 Å². The molecule has 0 aliphatic rings. The summed E-state index contributed by atoms with van der Waals surface area (Å²) in [6, 6.07) is 5.42. The van der Waals surface area contributed by atoms with Crippen molar-refractivity contribution in [1.82, 2.24) is 9.97 Å². The maximum Gasteiger partial charge on any atom is 0.155 e. The van der Waals surface area contributed by atoms with Crippen LogP contribution in [0.5, 0.6) is 11.5 Å². The number of hydrogen-bond acceptors (Lipinski definition) is 4. The Kier molecular flexibility index (Phi) is 3.30. The third-order valence-electron chi connectivity index (χ3n) is 2.16. The third kappa shape index (κ3) is 2.76. The number of ether oxygens (including phenoxy) is 1. The van der Waals surface area contributed by atoms with Crippen molar-refractivity contribution in [3.63, 3.8) is 0 Å². The summed E-state index contributed by atoms with van der Waals surface area (Å²) in [5, 5.41) is 0. The van der Waals surface area contributed by atoms with Gasteiger partial charge in [0.25, 0.3) is 0 Å². The van der Waals surface area contributed by atoms with E-state index < -0.39 is 0 Å². The Hall–Kier alpha value is -2.01. The number of pyridine rings is 2. The second-order valence-corrected chi connectivity index (χ2v) is 3.91. The van der Waals surface area contributed by atoms with Gasteiger partial charge in [-0.2, -0.15) is 0 Å². The van der Waals surface area contributed by atoms with Crippen LogP contribution in [0.25, 0.3) is 0 Å². The molecule has 2 heterocycles. The lowest BCUT2D eigenvalue weighted by molar-refractivity contribution is 0.476. The van der Waals surface area contributed by atoms with Crippen LogP contribution in [0.4, 0.5) is 0 Å². The number of nitrogens with two attached hydrogens (primary N) is 1. The average Bonchev–Trinajstić information content (AvgIpc) is 2.32. The van der Waals surface area contributed by atoms with E-state index in [1.807, 2.05) is 19.1 Å². The molecular weight excluding hydrogens is 234 g/mol. The summed E-state index contributed by atoms with van der Waals surface area (Å²) >= 11 is 4.94. The summed E-state index contributed by atoms with van der Waals surface area (Å²) in [5.41, 5.74) is 7.19. The van der Waals surface area contributed by atoms with Gasteiger partial charge < -0.3 is 10.5 Å². The Morgan fingerprint density at radius 1 is 1.29 bits per heavy atom. The van der Waals surface area contributed by atoms with Crippen molar-refractivity contribution in [2.75, 3.05) is 0 Å². The molecule has 0 bridgehead atoms. The molecule has 0 fully saturated rings. The van der Waals surface area contributed by atoms with Crippen LogP contribution in [0.2, 0.25) is 0 Å². The van der Waals surface area contributed by atoms with Crippen LogP contribution >= 0.6 is 12.2 Å². The first-order valence-electron chi connectivity index (χ1n) is 5.01. The minimum atomic E-state index is 0.280. The fraction of sp³-hybridized carbons (Fsp3) is 0.0833. The van der Waals surface area contributed by atoms with Crippen molar-refractivity contribution in [2.45, 2.75) is 6.92 Å². The molecule has 0 aliphatic heterocycles. The first-order chi connectivity index (χ1) is 8.16. The van der Waals surface area contributed by atoms with E-state index in [1.165, 1.54) is 0 Å². The lowest BCUT2D eigenvalue weighted by atomic mass is 10.2. The Bertz CT molecular complexity index is 540. The van der Waals surface area contributed by atoms with E-state index >= 15 is 0 Å². The lowest BCUT2D eigenvalue weighted by Crippen LogP contribution is -2.10. The highest BCUT2D eigenvalue weighted by Crippen LogP contribution is 2.23. The van der Waals surface area contributed by atoms with Crippen molar-refractivity contribution in [3.8, 4) is 11.5 Å². The Labute approximate surface area is 104 Å². The van der Waals surface area contributed by atoms with E-state index in [9.17, 15) is 0 Å². The average molecular weight is 245 g/mol. The second-order valence-electron chi connectivity index (χ2n) is 3.47. The Morgan fingerprint density at radius 2 is 2.12 bits per heavy atom. The zero-order valence-electron chi connectivity index (χ0n) is 9.25. The standard InChI is InChI=1S/C12H11N3OS/c1-8-2-3-9(6-15-8)16-11-7-14-5-4-10(11)12(13)17/h2-7H,1H3,(H2,13,17). The van der Waals surface area contributed by atoms with Crippen molar-refractivity contribution >= 4 is 17.2 Å². The van der Waals surface area contributed by atoms with Gasteiger partial charge in [-0.15, -0.1) is 0 Å². The molecule has 0 unspecified atom stereocenters. The van der Waals surface area contributed by atoms with Crippen LogP contribution in [0.3, 0.4) is 0 Å². The van der Waals surface area contributed by atoms with Gasteiger partial charge in [0.05, 0.1) is 18.0 Å². The molecule has 5 heteroatoms. The van der Waals surface area contributed by atoms with Gasteiger partial charge >= 0.3 is 0 Å². The molecule has 0 aliphatic carbocycles. The first-order valence-corrected chi connectivity index (χ1v) is 5.42. The van der Waals surface area contributed by atoms with Gasteiger partial charge in [0.15, 0.2) is 5.75 Å². The minimum absolute atomic E-state index is 0.280. The van der Waals surface area contributed by atoms with Gasteiger partial charge in [0, 0.05) is 11.9 Å². The quantitative estimate of drug-likeness (QED) is 0.840. The Balaban J connectivity index is 2.30. The third-order valence-corrected chi connectivity index (χ3v) is 2.38. The summed E-state index contributed by atoms with van der Waals surface area (Å²) < 4.78 is 5.63. The number of thiocarbonyl (C=S) groups is 1. The lowest BCUT2D eigenvalue weighted by Gasteiger charge is -2.09. The molecule has 0 saturated heterocycles. The van der Waals surface area contributed by atoms with Gasteiger partial charge in [-0.25, -0.2) is 0 Å². The molecular formula is C12H11N3OS. The first kappa shape index (κ1) is 11.5. The van der Waals surface area contributed by atoms with Crippen LogP contribution in [0, 0.1) is 6.92 Å². The molecule has 86 valence electrons. The summed E-state index contributed by atoms with van der Waals surface area (Å²) in [6.07, 6.45) is 4.84. The molecule has 0 amide bonds. The van der Waals surface area contributed by atoms with Crippen LogP contribution in [0.15, 0.2) is 36.8 Å². The SMILES string of the molecule is Cc1ccc(Oc2cnccc2C(N)=S)cn1. The molecule has 2 N–H and O–H groups in total. The van der Waals surface area contributed by atoms with Gasteiger partial charge in [-0.1, -0.05) is 12.2 Å². The van der Waals surface area contributed by atoms with Crippen LogP contribution < -0.4 is 10.5 Å². The number of aryl methyl sites for hydroxylation is 1. The predicted octanol–water partition coefficient (Wildman–Crippen LogP) is 2.21. The molecule has 17 heavy (non-hydrogen) atoms. The van der Waals surface area contributed by atoms with Crippen LogP contribution in [-0.4, -0.2) is 15.0 Å². The maximum absolute atomic E-state index is 5.63. The number of rotatable bonds is 3. The van der Waals surface area contributed by atoms with E-state index in [-0.39, 0.29) is 4.99 Å². The minimum Gasteiger partial charge on any atom is -0.453 e. The molecule has 2 rings (SSSR count). The predicted molar refractivity (Wildman–Crippen MR) is 69.2 cm³/mol. The molecule has 4 nitrogen and oxygen atoms in total. The maximum atomic E-state index is 5.63. The monoisotopic (exact) mass is 245 g/mol. The van der Waals surface area contributed by atoms with Gasteiger partial charge in [-0.05, 0) is 25.1 Å². The zero-order chi connectivity index (χ0) is 12.3. The van der Waals surface area contributed by atoms with Crippen molar-refractivity contribution in [3.05, 3.63) is 48.0 Å². The largest absolute Gasteiger partial charge is 0.453 e. The molecule has 2 aromatic heterocycles. The summed E-state index contributed by atoms with van der Waals surface area (Å²) in [4.78, 5) is 8.40.